The van der Waals surface area contributed by atoms with Crippen molar-refractivity contribution in [1.29, 1.82) is 5.26 Å². The quantitative estimate of drug-likeness (QED) is 0.413. The van der Waals surface area contributed by atoms with Crippen molar-refractivity contribution in [1.82, 2.24) is 10.2 Å². The molecule has 2 aromatic rings. The monoisotopic (exact) mass is 663 g/mol. The highest BCUT2D eigenvalue weighted by Crippen LogP contribution is 2.52. The van der Waals surface area contributed by atoms with Crippen LogP contribution < -0.4 is 10.1 Å². The largest absolute Gasteiger partial charge is 0.484 e. The maximum atomic E-state index is 14.0. The fourth-order valence-corrected chi connectivity index (χ4v) is 7.70. The third-order valence-electron chi connectivity index (χ3n) is 7.84. The lowest BCUT2D eigenvalue weighted by Gasteiger charge is -2.29. The molecule has 224 valence electrons. The van der Waals surface area contributed by atoms with Crippen LogP contribution in [0.1, 0.15) is 37.7 Å². The fourth-order valence-electron chi connectivity index (χ4n) is 5.17. The van der Waals surface area contributed by atoms with E-state index in [1.165, 1.54) is 4.90 Å². The van der Waals surface area contributed by atoms with Gasteiger partial charge in [-0.3, -0.25) is 9.59 Å². The molecule has 2 saturated carbocycles. The smallest absolute Gasteiger partial charge is 0.422 e. The average molecular weight is 665 g/mol. The van der Waals surface area contributed by atoms with Crippen LogP contribution in [0.4, 0.5) is 13.2 Å². The molecule has 2 aliphatic carbocycles. The van der Waals surface area contributed by atoms with Crippen LogP contribution in [0.2, 0.25) is 15.1 Å². The van der Waals surface area contributed by atoms with Gasteiger partial charge in [-0.2, -0.15) is 18.4 Å². The lowest BCUT2D eigenvalue weighted by atomic mass is 9.94. The number of amides is 2. The Morgan fingerprint density at radius 2 is 1.74 bits per heavy atom. The van der Waals surface area contributed by atoms with Gasteiger partial charge in [-0.25, -0.2) is 8.42 Å². The number of likely N-dealkylation sites (tertiary alicyclic amines) is 1. The van der Waals surface area contributed by atoms with Gasteiger partial charge >= 0.3 is 6.18 Å². The number of hydrogen-bond acceptors (Lipinski definition) is 6. The first kappa shape index (κ1) is 30.7. The van der Waals surface area contributed by atoms with Gasteiger partial charge in [-0.15, -0.1) is 0 Å². The highest BCUT2D eigenvalue weighted by atomic mass is 35.5. The zero-order valence-corrected chi connectivity index (χ0v) is 24.8. The molecular weight excluding hydrogens is 642 g/mol. The number of benzene rings is 2. The minimum Gasteiger partial charge on any atom is -0.484 e. The van der Waals surface area contributed by atoms with Crippen molar-refractivity contribution >= 4 is 56.5 Å². The summed E-state index contributed by atoms with van der Waals surface area (Å²) in [6, 6.07) is 8.71. The Morgan fingerprint density at radius 3 is 2.29 bits per heavy atom. The summed E-state index contributed by atoms with van der Waals surface area (Å²) in [6.07, 6.45) is -3.12. The predicted octanol–water partition coefficient (Wildman–Crippen LogP) is 5.24. The zero-order valence-electron chi connectivity index (χ0n) is 21.7. The zero-order chi connectivity index (χ0) is 30.7. The van der Waals surface area contributed by atoms with E-state index in [1.807, 2.05) is 6.07 Å². The number of hydrogen-bond donors (Lipinski definition) is 1. The molecule has 2 amide bonds. The SMILES string of the molecule is N#CC1(NC(=O)C2CC(S(=O)(=O)c3ccc(OCC(F)(F)F)cc3Cl)CN2C(=O)C2(c3ccc(Cl)c(Cl)c3)CC2)CC1. The van der Waals surface area contributed by atoms with Crippen molar-refractivity contribution in [3.8, 4) is 11.8 Å². The minimum absolute atomic E-state index is 0.242. The van der Waals surface area contributed by atoms with Gasteiger partial charge in [0, 0.05) is 12.6 Å². The van der Waals surface area contributed by atoms with Crippen LogP contribution in [-0.2, 0) is 24.8 Å². The van der Waals surface area contributed by atoms with Crippen LogP contribution in [-0.4, -0.2) is 61.3 Å². The maximum Gasteiger partial charge on any atom is 0.422 e. The first-order valence-electron chi connectivity index (χ1n) is 12.8. The molecule has 1 aliphatic heterocycles. The normalized spacial score (nSPS) is 22.3. The molecule has 2 atom stereocenters. The van der Waals surface area contributed by atoms with Gasteiger partial charge in [-0.1, -0.05) is 40.9 Å². The maximum absolute atomic E-state index is 14.0. The Balaban J connectivity index is 1.44. The van der Waals surface area contributed by atoms with Gasteiger partial charge in [-0.05, 0) is 61.9 Å². The van der Waals surface area contributed by atoms with E-state index in [-0.39, 0.29) is 33.7 Å². The van der Waals surface area contributed by atoms with Crippen LogP contribution in [0, 0.1) is 11.3 Å². The second-order valence-electron chi connectivity index (χ2n) is 10.8. The average Bonchev–Trinajstić information content (AvgIpc) is 3.84. The third-order valence-corrected chi connectivity index (χ3v) is 11.2. The molecule has 5 rings (SSSR count). The van der Waals surface area contributed by atoms with E-state index in [0.29, 0.717) is 36.3 Å². The van der Waals surface area contributed by atoms with E-state index in [2.05, 4.69) is 10.1 Å². The topological polar surface area (TPSA) is 117 Å². The van der Waals surface area contributed by atoms with Gasteiger partial charge in [0.2, 0.25) is 11.8 Å². The fraction of sp³-hybridized carbons (Fsp3) is 0.444. The molecule has 3 aliphatic rings. The van der Waals surface area contributed by atoms with E-state index in [1.54, 1.807) is 18.2 Å². The van der Waals surface area contributed by atoms with Crippen LogP contribution in [0.25, 0.3) is 0 Å². The number of rotatable bonds is 8. The molecule has 1 N–H and O–H groups in total. The Morgan fingerprint density at radius 1 is 1.05 bits per heavy atom. The van der Waals surface area contributed by atoms with Crippen LogP contribution in [0.5, 0.6) is 5.75 Å². The molecule has 1 heterocycles. The van der Waals surface area contributed by atoms with E-state index < -0.39 is 56.7 Å². The summed E-state index contributed by atoms with van der Waals surface area (Å²) in [5.74, 6) is -1.38. The van der Waals surface area contributed by atoms with E-state index in [0.717, 1.165) is 18.2 Å². The highest BCUT2D eigenvalue weighted by molar-refractivity contribution is 7.92. The molecule has 2 unspecified atom stereocenters. The van der Waals surface area contributed by atoms with Crippen molar-refractivity contribution in [2.24, 2.45) is 0 Å². The molecule has 1 saturated heterocycles. The van der Waals surface area contributed by atoms with Gasteiger partial charge in [0.25, 0.3) is 0 Å². The number of sulfone groups is 1. The molecule has 15 heteroatoms. The number of nitrogens with zero attached hydrogens (tertiary/aromatic N) is 2. The molecule has 0 spiro atoms. The number of ether oxygens (including phenoxy) is 1. The number of halogens is 6. The second kappa shape index (κ2) is 10.8. The van der Waals surface area contributed by atoms with Crippen molar-refractivity contribution in [3.05, 3.63) is 57.0 Å². The minimum atomic E-state index is -4.60. The van der Waals surface area contributed by atoms with Crippen LogP contribution in [0.3, 0.4) is 0 Å². The standard InChI is InChI=1S/C27H23Cl3F3N3O5S/c28-18-3-1-15(9-19(18)29)26(7-8-26)24(38)36-12-17(11-21(36)23(37)35-25(13-34)5-6-25)42(39,40)22-4-2-16(10-20(22)30)41-14-27(31,32)33/h1-4,9-10,17,21H,5-8,11-12,14H2,(H,35,37). The first-order valence-corrected chi connectivity index (χ1v) is 15.5. The van der Waals surface area contributed by atoms with E-state index in [9.17, 15) is 36.4 Å². The summed E-state index contributed by atoms with van der Waals surface area (Å²) >= 11 is 18.4. The van der Waals surface area contributed by atoms with Gasteiger partial charge in [0.1, 0.15) is 17.3 Å². The number of carbonyl (C=O) groups is 2. The molecule has 2 aromatic carbocycles. The summed E-state index contributed by atoms with van der Waals surface area (Å²) < 4.78 is 69.7. The Hall–Kier alpha value is -2.72. The third kappa shape index (κ3) is 5.89. The van der Waals surface area contributed by atoms with E-state index in [4.69, 9.17) is 34.8 Å². The van der Waals surface area contributed by atoms with Gasteiger partial charge < -0.3 is 15.0 Å². The highest BCUT2D eigenvalue weighted by Gasteiger charge is 2.58. The van der Waals surface area contributed by atoms with Gasteiger partial charge in [0.15, 0.2) is 16.4 Å². The lowest BCUT2D eigenvalue weighted by Crippen LogP contribution is -2.51. The first-order chi connectivity index (χ1) is 19.6. The van der Waals surface area contributed by atoms with Crippen molar-refractivity contribution in [2.75, 3.05) is 13.2 Å². The summed E-state index contributed by atoms with van der Waals surface area (Å²) in [5.41, 5.74) is -1.49. The number of carbonyl (C=O) groups excluding carboxylic acids is 2. The van der Waals surface area contributed by atoms with E-state index >= 15 is 0 Å². The molecule has 0 radical (unpaired) electrons. The van der Waals surface area contributed by atoms with Crippen molar-refractivity contribution < 1.29 is 35.9 Å². The molecule has 3 fully saturated rings. The molecule has 8 nitrogen and oxygen atoms in total. The molecule has 0 aromatic heterocycles. The van der Waals surface area contributed by atoms with Crippen LogP contribution >= 0.6 is 34.8 Å². The summed E-state index contributed by atoms with van der Waals surface area (Å²) in [5, 5.41) is 11.1. The number of alkyl halides is 3. The lowest BCUT2D eigenvalue weighted by molar-refractivity contribution is -0.153. The summed E-state index contributed by atoms with van der Waals surface area (Å²) in [6.45, 7) is -1.93. The molecule has 42 heavy (non-hydrogen) atoms. The second-order valence-corrected chi connectivity index (χ2v) is 14.2. The van der Waals surface area contributed by atoms with Crippen molar-refractivity contribution in [2.45, 2.75) is 65.4 Å². The van der Waals surface area contributed by atoms with Gasteiger partial charge in [0.05, 0.1) is 36.7 Å². The number of nitriles is 1. The Kier molecular flexibility index (Phi) is 7.88. The molecule has 0 bridgehead atoms. The summed E-state index contributed by atoms with van der Waals surface area (Å²) in [4.78, 5) is 28.3. The predicted molar refractivity (Wildman–Crippen MR) is 147 cm³/mol. The van der Waals surface area contributed by atoms with Crippen molar-refractivity contribution in [3.63, 3.8) is 0 Å². The molecular formula is C27H23Cl3F3N3O5S. The van der Waals surface area contributed by atoms with Crippen LogP contribution in [0.15, 0.2) is 41.3 Å². The summed E-state index contributed by atoms with van der Waals surface area (Å²) in [7, 11) is -4.29. The Bertz CT molecular complexity index is 1600. The Labute approximate surface area is 254 Å². The number of nitrogens with one attached hydrogen (secondary N) is 1.